The first-order valence-electron chi connectivity index (χ1n) is 7.49. The molecule has 0 radical (unpaired) electrons. The van der Waals surface area contributed by atoms with E-state index in [-0.39, 0.29) is 5.54 Å². The van der Waals surface area contributed by atoms with Crippen molar-refractivity contribution in [1.29, 1.82) is 0 Å². The number of fused-ring (bicyclic) bond motifs is 1. The van der Waals surface area contributed by atoms with E-state index in [1.54, 1.807) is 0 Å². The summed E-state index contributed by atoms with van der Waals surface area (Å²) >= 11 is 0. The minimum Gasteiger partial charge on any atom is -0.375 e. The van der Waals surface area contributed by atoms with Crippen LogP contribution in [0, 0.1) is 11.8 Å². The molecular formula is C15H29NO. The smallest absolute Gasteiger partial charge is 0.0729 e. The molecule has 2 rings (SSSR count). The molecule has 0 aromatic rings. The van der Waals surface area contributed by atoms with Gasteiger partial charge in [-0.3, -0.25) is 0 Å². The lowest BCUT2D eigenvalue weighted by atomic mass is 9.75. The fourth-order valence-electron chi connectivity index (χ4n) is 3.49. The first-order chi connectivity index (χ1) is 8.10. The van der Waals surface area contributed by atoms with Gasteiger partial charge in [0.1, 0.15) is 0 Å². The van der Waals surface area contributed by atoms with Crippen molar-refractivity contribution in [3.8, 4) is 0 Å². The van der Waals surface area contributed by atoms with E-state index in [1.165, 1.54) is 32.1 Å². The monoisotopic (exact) mass is 239 g/mol. The second-order valence-corrected chi connectivity index (χ2v) is 6.40. The summed E-state index contributed by atoms with van der Waals surface area (Å²) in [7, 11) is 0. The van der Waals surface area contributed by atoms with Gasteiger partial charge in [-0.05, 0) is 43.9 Å². The lowest BCUT2D eigenvalue weighted by molar-refractivity contribution is -0.0905. The molecule has 100 valence electrons. The van der Waals surface area contributed by atoms with Gasteiger partial charge in [-0.25, -0.2) is 0 Å². The van der Waals surface area contributed by atoms with E-state index in [1.807, 2.05) is 0 Å². The van der Waals surface area contributed by atoms with E-state index in [2.05, 4.69) is 33.0 Å². The molecule has 1 N–H and O–H groups in total. The van der Waals surface area contributed by atoms with Crippen molar-refractivity contribution in [1.82, 2.24) is 5.32 Å². The Labute approximate surface area is 107 Å². The highest BCUT2D eigenvalue weighted by Gasteiger charge is 2.42. The highest BCUT2D eigenvalue weighted by Crippen LogP contribution is 2.36. The van der Waals surface area contributed by atoms with Gasteiger partial charge in [0.05, 0.1) is 12.7 Å². The number of hydrogen-bond donors (Lipinski definition) is 1. The molecule has 2 aliphatic rings. The SMILES string of the molecule is CCC1(CC)COC2CCC(C(C)C)CC2N1. The molecule has 0 aromatic heterocycles. The van der Waals surface area contributed by atoms with Crippen LogP contribution in [0.25, 0.3) is 0 Å². The van der Waals surface area contributed by atoms with Crippen molar-refractivity contribution < 1.29 is 4.74 Å². The maximum absolute atomic E-state index is 6.15. The molecule has 1 saturated carbocycles. The van der Waals surface area contributed by atoms with Crippen LogP contribution in [0.4, 0.5) is 0 Å². The van der Waals surface area contributed by atoms with Gasteiger partial charge in [0.15, 0.2) is 0 Å². The van der Waals surface area contributed by atoms with Gasteiger partial charge in [-0.2, -0.15) is 0 Å². The molecule has 1 heterocycles. The van der Waals surface area contributed by atoms with Gasteiger partial charge < -0.3 is 10.1 Å². The Hall–Kier alpha value is -0.0800. The van der Waals surface area contributed by atoms with Gasteiger partial charge in [0, 0.05) is 11.6 Å². The summed E-state index contributed by atoms with van der Waals surface area (Å²) < 4.78 is 6.15. The van der Waals surface area contributed by atoms with Gasteiger partial charge in [0.25, 0.3) is 0 Å². The number of ether oxygens (including phenoxy) is 1. The molecule has 3 atom stereocenters. The number of nitrogens with one attached hydrogen (secondary N) is 1. The molecule has 1 aliphatic heterocycles. The third-order valence-electron chi connectivity index (χ3n) is 5.19. The molecule has 2 heteroatoms. The Bertz CT molecular complexity index is 247. The summed E-state index contributed by atoms with van der Waals surface area (Å²) in [6.45, 7) is 10.2. The zero-order valence-electron chi connectivity index (χ0n) is 12.0. The van der Waals surface area contributed by atoms with E-state index in [4.69, 9.17) is 4.74 Å². The third-order valence-corrected chi connectivity index (χ3v) is 5.19. The van der Waals surface area contributed by atoms with E-state index >= 15 is 0 Å². The van der Waals surface area contributed by atoms with Crippen LogP contribution in [0.5, 0.6) is 0 Å². The predicted octanol–water partition coefficient (Wildman–Crippen LogP) is 3.36. The number of hydrogen-bond acceptors (Lipinski definition) is 2. The van der Waals surface area contributed by atoms with Gasteiger partial charge in [0.2, 0.25) is 0 Å². The van der Waals surface area contributed by atoms with Crippen molar-refractivity contribution >= 4 is 0 Å². The molecule has 0 spiro atoms. The van der Waals surface area contributed by atoms with Crippen LogP contribution < -0.4 is 5.32 Å². The minimum absolute atomic E-state index is 0.250. The van der Waals surface area contributed by atoms with Gasteiger partial charge in [-0.1, -0.05) is 27.7 Å². The van der Waals surface area contributed by atoms with E-state index in [0.717, 1.165) is 18.4 Å². The summed E-state index contributed by atoms with van der Waals surface area (Å²) in [6.07, 6.45) is 6.76. The van der Waals surface area contributed by atoms with Crippen LogP contribution in [0.2, 0.25) is 0 Å². The molecule has 3 unspecified atom stereocenters. The largest absolute Gasteiger partial charge is 0.375 e. The van der Waals surface area contributed by atoms with Gasteiger partial charge >= 0.3 is 0 Å². The minimum atomic E-state index is 0.250. The first kappa shape index (κ1) is 13.4. The summed E-state index contributed by atoms with van der Waals surface area (Å²) in [5.41, 5.74) is 0.250. The maximum atomic E-state index is 6.15. The molecular weight excluding hydrogens is 210 g/mol. The second-order valence-electron chi connectivity index (χ2n) is 6.40. The van der Waals surface area contributed by atoms with Crippen LogP contribution in [0.3, 0.4) is 0 Å². The van der Waals surface area contributed by atoms with Crippen molar-refractivity contribution in [3.63, 3.8) is 0 Å². The molecule has 1 aliphatic carbocycles. The summed E-state index contributed by atoms with van der Waals surface area (Å²) in [5.74, 6) is 1.70. The van der Waals surface area contributed by atoms with Crippen LogP contribution in [-0.4, -0.2) is 24.3 Å². The van der Waals surface area contributed by atoms with E-state index < -0.39 is 0 Å². The second kappa shape index (κ2) is 5.27. The summed E-state index contributed by atoms with van der Waals surface area (Å²) in [4.78, 5) is 0. The third kappa shape index (κ3) is 2.68. The molecule has 2 nitrogen and oxygen atoms in total. The van der Waals surface area contributed by atoms with Crippen LogP contribution >= 0.6 is 0 Å². The van der Waals surface area contributed by atoms with E-state index in [9.17, 15) is 0 Å². The Kier molecular flexibility index (Phi) is 4.14. The van der Waals surface area contributed by atoms with Crippen LogP contribution in [0.1, 0.15) is 59.8 Å². The normalized spacial score (nSPS) is 36.9. The summed E-state index contributed by atoms with van der Waals surface area (Å²) in [5, 5.41) is 3.93. The first-order valence-corrected chi connectivity index (χ1v) is 7.49. The van der Waals surface area contributed by atoms with Crippen molar-refractivity contribution in [2.45, 2.75) is 77.5 Å². The zero-order chi connectivity index (χ0) is 12.5. The van der Waals surface area contributed by atoms with Crippen LogP contribution in [-0.2, 0) is 4.74 Å². The Balaban J connectivity index is 2.01. The highest BCUT2D eigenvalue weighted by atomic mass is 16.5. The molecule has 0 amide bonds. The van der Waals surface area contributed by atoms with Gasteiger partial charge in [-0.15, -0.1) is 0 Å². The molecule has 0 bridgehead atoms. The molecule has 17 heavy (non-hydrogen) atoms. The number of morpholine rings is 1. The maximum Gasteiger partial charge on any atom is 0.0729 e. The quantitative estimate of drug-likeness (QED) is 0.815. The van der Waals surface area contributed by atoms with Crippen LogP contribution in [0.15, 0.2) is 0 Å². The molecule has 1 saturated heterocycles. The Morgan fingerprint density at radius 2 is 1.94 bits per heavy atom. The fraction of sp³-hybridized carbons (Fsp3) is 1.00. The predicted molar refractivity (Wildman–Crippen MR) is 72.2 cm³/mol. The average molecular weight is 239 g/mol. The van der Waals surface area contributed by atoms with Crippen molar-refractivity contribution in [2.75, 3.05) is 6.61 Å². The standard InChI is InChI=1S/C15H29NO/c1-5-15(6-2)10-17-14-8-7-12(11(3)4)9-13(14)16-15/h11-14,16H,5-10H2,1-4H3. The highest BCUT2D eigenvalue weighted by molar-refractivity contribution is 4.98. The summed E-state index contributed by atoms with van der Waals surface area (Å²) in [6, 6.07) is 0.602. The Morgan fingerprint density at radius 3 is 2.53 bits per heavy atom. The lowest BCUT2D eigenvalue weighted by Gasteiger charge is -2.49. The Morgan fingerprint density at radius 1 is 1.24 bits per heavy atom. The average Bonchev–Trinajstić information content (AvgIpc) is 2.37. The molecule has 2 fully saturated rings. The van der Waals surface area contributed by atoms with Crippen molar-refractivity contribution in [3.05, 3.63) is 0 Å². The topological polar surface area (TPSA) is 21.3 Å². The van der Waals surface area contributed by atoms with Crippen molar-refractivity contribution in [2.24, 2.45) is 11.8 Å². The zero-order valence-corrected chi connectivity index (χ0v) is 12.0. The number of rotatable bonds is 3. The lowest BCUT2D eigenvalue weighted by Crippen LogP contribution is -2.63. The fourth-order valence-corrected chi connectivity index (χ4v) is 3.49. The molecule has 0 aromatic carbocycles. The van der Waals surface area contributed by atoms with E-state index in [0.29, 0.717) is 12.1 Å².